The number of nitrogens with zero attached hydrogens (tertiary/aromatic N) is 3. The maximum Gasteiger partial charge on any atom is 0.0344 e. The van der Waals surface area contributed by atoms with Gasteiger partial charge >= 0.3 is 0 Å². The minimum absolute atomic E-state index is 0.356. The number of likely N-dealkylation sites (N-methyl/N-ethyl adjacent to an activating group) is 1. The highest BCUT2D eigenvalue weighted by molar-refractivity contribution is 4.96. The SMILES string of the molecule is CC(CCC(C)(C)N1CC(N(C)C)C1)N1CC(C(C)(C)C)C1. The van der Waals surface area contributed by atoms with Gasteiger partial charge in [0.1, 0.15) is 0 Å². The fraction of sp³-hybridized carbons (Fsp3) is 1.00. The van der Waals surface area contributed by atoms with E-state index < -0.39 is 0 Å². The smallest absolute Gasteiger partial charge is 0.0344 e. The van der Waals surface area contributed by atoms with Crippen LogP contribution in [0.2, 0.25) is 0 Å². The van der Waals surface area contributed by atoms with Crippen LogP contribution >= 0.6 is 0 Å². The highest BCUT2D eigenvalue weighted by atomic mass is 15.3. The Hall–Kier alpha value is -0.120. The Morgan fingerprint density at radius 2 is 1.55 bits per heavy atom. The van der Waals surface area contributed by atoms with E-state index in [1.807, 2.05) is 0 Å². The maximum absolute atomic E-state index is 2.69. The third kappa shape index (κ3) is 4.04. The number of likely N-dealkylation sites (tertiary alicyclic amines) is 2. The normalized spacial score (nSPS) is 24.4. The predicted molar refractivity (Wildman–Crippen MR) is 96.3 cm³/mol. The lowest BCUT2D eigenvalue weighted by Gasteiger charge is -2.52. The Morgan fingerprint density at radius 3 is 2.00 bits per heavy atom. The summed E-state index contributed by atoms with van der Waals surface area (Å²) in [6, 6.07) is 1.50. The third-order valence-corrected chi connectivity index (χ3v) is 6.38. The predicted octanol–water partition coefficient (Wildman–Crippen LogP) is 3.16. The van der Waals surface area contributed by atoms with Gasteiger partial charge in [0.2, 0.25) is 0 Å². The fourth-order valence-electron chi connectivity index (χ4n) is 3.60. The van der Waals surface area contributed by atoms with Crippen LogP contribution in [0.1, 0.15) is 54.4 Å². The van der Waals surface area contributed by atoms with Gasteiger partial charge in [0.15, 0.2) is 0 Å². The van der Waals surface area contributed by atoms with Crippen LogP contribution in [-0.2, 0) is 0 Å². The van der Waals surface area contributed by atoms with Gasteiger partial charge in [-0.05, 0) is 59.0 Å². The lowest BCUT2D eigenvalue weighted by molar-refractivity contribution is -0.0317. The molecule has 0 radical (unpaired) electrons. The molecule has 0 spiro atoms. The van der Waals surface area contributed by atoms with Crippen LogP contribution < -0.4 is 0 Å². The molecule has 0 amide bonds. The molecular weight excluding hydrogens is 270 g/mol. The fourth-order valence-corrected chi connectivity index (χ4v) is 3.60. The number of rotatable bonds is 6. The minimum atomic E-state index is 0.356. The summed E-state index contributed by atoms with van der Waals surface area (Å²) in [5.41, 5.74) is 0.837. The van der Waals surface area contributed by atoms with Crippen LogP contribution in [-0.4, -0.2) is 72.6 Å². The Bertz CT molecular complexity index is 357. The van der Waals surface area contributed by atoms with Crippen molar-refractivity contribution in [3.05, 3.63) is 0 Å². The van der Waals surface area contributed by atoms with Crippen molar-refractivity contribution in [2.75, 3.05) is 40.3 Å². The van der Waals surface area contributed by atoms with Crippen LogP contribution in [0.15, 0.2) is 0 Å². The van der Waals surface area contributed by atoms with Gasteiger partial charge < -0.3 is 4.90 Å². The van der Waals surface area contributed by atoms with Crippen molar-refractivity contribution >= 4 is 0 Å². The van der Waals surface area contributed by atoms with E-state index in [1.54, 1.807) is 0 Å². The summed E-state index contributed by atoms with van der Waals surface area (Å²) in [6.07, 6.45) is 2.64. The zero-order valence-electron chi connectivity index (χ0n) is 16.3. The Labute approximate surface area is 139 Å². The highest BCUT2D eigenvalue weighted by Gasteiger charge is 2.40. The van der Waals surface area contributed by atoms with Crippen LogP contribution in [0.5, 0.6) is 0 Å². The average Bonchev–Trinajstić information content (AvgIpc) is 2.18. The van der Waals surface area contributed by atoms with Crippen molar-refractivity contribution in [2.45, 2.75) is 72.0 Å². The summed E-state index contributed by atoms with van der Waals surface area (Å²) >= 11 is 0. The number of hydrogen-bond acceptors (Lipinski definition) is 3. The second-order valence-corrected chi connectivity index (χ2v) is 9.74. The summed E-state index contributed by atoms with van der Waals surface area (Å²) in [5.74, 6) is 0.888. The second-order valence-electron chi connectivity index (χ2n) is 9.74. The molecule has 0 aliphatic carbocycles. The molecule has 0 aromatic heterocycles. The molecule has 0 bridgehead atoms. The van der Waals surface area contributed by atoms with Gasteiger partial charge in [-0.15, -0.1) is 0 Å². The maximum atomic E-state index is 2.69. The first kappa shape index (κ1) is 18.2. The Kier molecular flexibility index (Phi) is 5.31. The standard InChI is InChI=1S/C19H39N3/c1-15(21-11-16(12-21)18(2,3)4)9-10-19(5,6)22-13-17(14-22)20(7)8/h15-17H,9-14H2,1-8H3. The molecule has 2 saturated heterocycles. The molecule has 130 valence electrons. The van der Waals surface area contributed by atoms with E-state index in [2.05, 4.69) is 70.3 Å². The van der Waals surface area contributed by atoms with Crippen molar-refractivity contribution in [3.8, 4) is 0 Å². The zero-order valence-corrected chi connectivity index (χ0v) is 16.3. The average molecular weight is 310 g/mol. The van der Waals surface area contributed by atoms with Crippen molar-refractivity contribution in [2.24, 2.45) is 11.3 Å². The molecule has 2 heterocycles. The topological polar surface area (TPSA) is 9.72 Å². The zero-order chi connectivity index (χ0) is 16.7. The van der Waals surface area contributed by atoms with Crippen molar-refractivity contribution in [1.82, 2.24) is 14.7 Å². The van der Waals surface area contributed by atoms with E-state index in [0.717, 1.165) is 18.0 Å². The molecule has 0 N–H and O–H groups in total. The third-order valence-electron chi connectivity index (χ3n) is 6.38. The quantitative estimate of drug-likeness (QED) is 0.746. The van der Waals surface area contributed by atoms with Gasteiger partial charge in [-0.1, -0.05) is 20.8 Å². The first-order valence-corrected chi connectivity index (χ1v) is 9.16. The Morgan fingerprint density at radius 1 is 1.00 bits per heavy atom. The highest BCUT2D eigenvalue weighted by Crippen LogP contribution is 2.36. The van der Waals surface area contributed by atoms with Crippen LogP contribution in [0.25, 0.3) is 0 Å². The molecule has 0 aromatic carbocycles. The lowest BCUT2D eigenvalue weighted by Crippen LogP contribution is -2.64. The molecule has 3 heteroatoms. The van der Waals surface area contributed by atoms with Crippen molar-refractivity contribution < 1.29 is 0 Å². The number of hydrogen-bond donors (Lipinski definition) is 0. The van der Waals surface area contributed by atoms with Crippen LogP contribution in [0, 0.1) is 11.3 Å². The van der Waals surface area contributed by atoms with Crippen molar-refractivity contribution in [1.29, 1.82) is 0 Å². The van der Waals surface area contributed by atoms with E-state index in [4.69, 9.17) is 0 Å². The van der Waals surface area contributed by atoms with E-state index in [0.29, 0.717) is 11.0 Å². The molecule has 2 aliphatic heterocycles. The second kappa shape index (κ2) is 6.41. The van der Waals surface area contributed by atoms with Gasteiger partial charge in [-0.2, -0.15) is 0 Å². The summed E-state index contributed by atoms with van der Waals surface area (Å²) in [4.78, 5) is 7.71. The summed E-state index contributed by atoms with van der Waals surface area (Å²) in [7, 11) is 4.40. The molecule has 2 aliphatic rings. The lowest BCUT2D eigenvalue weighted by atomic mass is 9.75. The monoisotopic (exact) mass is 309 g/mol. The first-order chi connectivity index (χ1) is 10.0. The molecular formula is C19H39N3. The van der Waals surface area contributed by atoms with Gasteiger partial charge in [0.25, 0.3) is 0 Å². The van der Waals surface area contributed by atoms with Gasteiger partial charge in [0, 0.05) is 43.8 Å². The van der Waals surface area contributed by atoms with Crippen LogP contribution in [0.3, 0.4) is 0 Å². The van der Waals surface area contributed by atoms with Crippen LogP contribution in [0.4, 0.5) is 0 Å². The van der Waals surface area contributed by atoms with E-state index >= 15 is 0 Å². The molecule has 0 saturated carbocycles. The summed E-state index contributed by atoms with van der Waals surface area (Å²) < 4.78 is 0. The van der Waals surface area contributed by atoms with Gasteiger partial charge in [0.05, 0.1) is 0 Å². The summed E-state index contributed by atoms with van der Waals surface area (Å²) in [6.45, 7) is 19.5. The van der Waals surface area contributed by atoms with E-state index in [1.165, 1.54) is 39.0 Å². The molecule has 3 nitrogen and oxygen atoms in total. The van der Waals surface area contributed by atoms with Gasteiger partial charge in [-0.25, -0.2) is 0 Å². The molecule has 2 fully saturated rings. The molecule has 1 unspecified atom stereocenters. The van der Waals surface area contributed by atoms with Crippen molar-refractivity contribution in [3.63, 3.8) is 0 Å². The first-order valence-electron chi connectivity index (χ1n) is 9.16. The van der Waals surface area contributed by atoms with Gasteiger partial charge in [-0.3, -0.25) is 9.80 Å². The van der Waals surface area contributed by atoms with E-state index in [-0.39, 0.29) is 0 Å². The molecule has 1 atom stereocenters. The summed E-state index contributed by atoms with van der Waals surface area (Å²) in [5, 5.41) is 0. The Balaban J connectivity index is 1.69. The molecule has 2 rings (SSSR count). The molecule has 22 heavy (non-hydrogen) atoms. The van der Waals surface area contributed by atoms with E-state index in [9.17, 15) is 0 Å². The minimum Gasteiger partial charge on any atom is -0.304 e. The largest absolute Gasteiger partial charge is 0.304 e. The molecule has 0 aromatic rings.